The Morgan fingerprint density at radius 3 is 1.67 bits per heavy atom. The number of halogens is 3. The van der Waals surface area contributed by atoms with Gasteiger partial charge in [0.15, 0.2) is 0 Å². The Labute approximate surface area is 83.9 Å². The second-order valence-electron chi connectivity index (χ2n) is 2.49. The van der Waals surface area contributed by atoms with E-state index in [0.29, 0.717) is 0 Å². The van der Waals surface area contributed by atoms with Gasteiger partial charge in [0.2, 0.25) is 0 Å². The summed E-state index contributed by atoms with van der Waals surface area (Å²) in [6.07, 6.45) is 0. The van der Waals surface area contributed by atoms with Crippen LogP contribution in [0.5, 0.6) is 0 Å². The standard InChI is InChI=1S/C3H7F3N2O5S2/c1-7(2)15(12,13)8(9)14(10,11)3(4,5)6/h8H,1-2H3. The number of alkyl halides is 3. The topological polar surface area (TPSA) is 99.0 Å². The summed E-state index contributed by atoms with van der Waals surface area (Å²) in [6.45, 7) is 0. The Hall–Kier alpha value is -0.430. The van der Waals surface area contributed by atoms with Gasteiger partial charge in [-0.15, -0.1) is 3.87 Å². The number of rotatable bonds is 3. The van der Waals surface area contributed by atoms with Crippen LogP contribution in [-0.4, -0.2) is 40.7 Å². The van der Waals surface area contributed by atoms with Crippen LogP contribution in [0, 0.1) is 5.21 Å². The van der Waals surface area contributed by atoms with Crippen molar-refractivity contribution in [1.29, 1.82) is 0 Å². The summed E-state index contributed by atoms with van der Waals surface area (Å²) in [7, 11) is -10.0. The van der Waals surface area contributed by atoms with E-state index in [2.05, 4.69) is 0 Å². The van der Waals surface area contributed by atoms with Crippen molar-refractivity contribution in [3.63, 3.8) is 0 Å². The van der Waals surface area contributed by atoms with Crippen LogP contribution in [0.2, 0.25) is 0 Å². The van der Waals surface area contributed by atoms with Crippen LogP contribution in [0.15, 0.2) is 0 Å². The molecule has 0 bridgehead atoms. The average molecular weight is 272 g/mol. The molecule has 0 spiro atoms. The molecule has 15 heavy (non-hydrogen) atoms. The molecule has 0 rings (SSSR count). The van der Waals surface area contributed by atoms with E-state index in [0.717, 1.165) is 14.1 Å². The summed E-state index contributed by atoms with van der Waals surface area (Å²) >= 11 is 0. The van der Waals surface area contributed by atoms with Gasteiger partial charge in [0, 0.05) is 14.1 Å². The highest BCUT2D eigenvalue weighted by Crippen LogP contribution is 2.19. The molecular weight excluding hydrogens is 265 g/mol. The minimum Gasteiger partial charge on any atom is -0.601 e. The van der Waals surface area contributed by atoms with E-state index in [1.165, 1.54) is 0 Å². The van der Waals surface area contributed by atoms with Gasteiger partial charge in [0.1, 0.15) is 0 Å². The third-order valence-electron chi connectivity index (χ3n) is 1.22. The van der Waals surface area contributed by atoms with Crippen molar-refractivity contribution >= 4 is 20.2 Å². The van der Waals surface area contributed by atoms with Gasteiger partial charge in [-0.05, 0) is 0 Å². The molecule has 0 heterocycles. The third-order valence-corrected chi connectivity index (χ3v) is 4.94. The summed E-state index contributed by atoms with van der Waals surface area (Å²) < 4.78 is 75.0. The van der Waals surface area contributed by atoms with Gasteiger partial charge < -0.3 is 5.21 Å². The molecule has 0 saturated heterocycles. The maximum absolute atomic E-state index is 11.8. The van der Waals surface area contributed by atoms with Crippen molar-refractivity contribution in [2.45, 2.75) is 5.51 Å². The summed E-state index contributed by atoms with van der Waals surface area (Å²) in [5.74, 6) is 0. The predicted molar refractivity (Wildman–Crippen MR) is 41.9 cm³/mol. The minimum atomic E-state index is -6.35. The Balaban J connectivity index is 5.51. The maximum Gasteiger partial charge on any atom is 0.550 e. The highest BCUT2D eigenvalue weighted by Gasteiger charge is 2.55. The summed E-state index contributed by atoms with van der Waals surface area (Å²) in [6, 6.07) is 0. The van der Waals surface area contributed by atoms with Crippen LogP contribution in [0.1, 0.15) is 0 Å². The minimum absolute atomic E-state index is 0.0820. The largest absolute Gasteiger partial charge is 0.601 e. The zero-order chi connectivity index (χ0) is 12.7. The average Bonchev–Trinajstić information content (AvgIpc) is 2.00. The first-order chi connectivity index (χ1) is 6.35. The van der Waals surface area contributed by atoms with Gasteiger partial charge in [0.05, 0.1) is 0 Å². The van der Waals surface area contributed by atoms with E-state index in [1.807, 2.05) is 0 Å². The lowest BCUT2D eigenvalue weighted by Gasteiger charge is -2.23. The lowest BCUT2D eigenvalue weighted by Crippen LogP contribution is -3.13. The van der Waals surface area contributed by atoms with Crippen molar-refractivity contribution in [2.75, 3.05) is 14.1 Å². The first kappa shape index (κ1) is 14.6. The van der Waals surface area contributed by atoms with Crippen LogP contribution >= 0.6 is 0 Å². The molecule has 1 N–H and O–H groups in total. The lowest BCUT2D eigenvalue weighted by atomic mass is 11.3. The van der Waals surface area contributed by atoms with Crippen LogP contribution in [-0.2, 0) is 20.2 Å². The maximum atomic E-state index is 11.8. The van der Waals surface area contributed by atoms with Gasteiger partial charge >= 0.3 is 25.7 Å². The lowest BCUT2D eigenvalue weighted by molar-refractivity contribution is -0.559. The normalized spacial score (nSPS) is 16.7. The van der Waals surface area contributed by atoms with Crippen molar-refractivity contribution in [3.8, 4) is 0 Å². The van der Waals surface area contributed by atoms with Crippen LogP contribution in [0.25, 0.3) is 0 Å². The van der Waals surface area contributed by atoms with Crippen molar-refractivity contribution in [2.24, 2.45) is 0 Å². The third kappa shape index (κ3) is 2.57. The van der Waals surface area contributed by atoms with E-state index in [4.69, 9.17) is 0 Å². The molecule has 1 atom stereocenters. The molecule has 0 aromatic rings. The molecule has 92 valence electrons. The molecule has 0 amide bonds. The summed E-state index contributed by atoms with van der Waals surface area (Å²) in [5.41, 5.74) is -5.92. The number of nitrogens with one attached hydrogen (secondary N) is 1. The van der Waals surface area contributed by atoms with Gasteiger partial charge in [-0.2, -0.15) is 34.3 Å². The molecular formula is C3H7F3N2O5S2. The molecule has 0 fully saturated rings. The van der Waals surface area contributed by atoms with Gasteiger partial charge in [-0.25, -0.2) is 0 Å². The monoisotopic (exact) mass is 272 g/mol. The molecule has 0 aliphatic carbocycles. The number of sulfonamides is 1. The summed E-state index contributed by atoms with van der Waals surface area (Å²) in [4.78, 5) is 0. The SMILES string of the molecule is CN(C)S(=O)(=O)[NH+]([O-])S(=O)(=O)C(F)(F)F. The van der Waals surface area contributed by atoms with Crippen LogP contribution in [0.3, 0.4) is 0 Å². The molecule has 0 aliphatic heterocycles. The number of quaternary nitrogens is 1. The Morgan fingerprint density at radius 1 is 1.13 bits per heavy atom. The predicted octanol–water partition coefficient (Wildman–Crippen LogP) is -1.97. The van der Waals surface area contributed by atoms with E-state index < -0.39 is 29.6 Å². The number of hydrogen-bond acceptors (Lipinski definition) is 5. The van der Waals surface area contributed by atoms with Gasteiger partial charge in [-0.1, -0.05) is 0 Å². The first-order valence-electron chi connectivity index (χ1n) is 3.13. The molecule has 12 heteroatoms. The van der Waals surface area contributed by atoms with Crippen LogP contribution in [0.4, 0.5) is 13.2 Å². The van der Waals surface area contributed by atoms with E-state index >= 15 is 0 Å². The molecule has 0 aliphatic rings. The fraction of sp³-hybridized carbons (Fsp3) is 1.00. The molecule has 7 nitrogen and oxygen atoms in total. The highest BCUT2D eigenvalue weighted by molar-refractivity contribution is 7.96. The van der Waals surface area contributed by atoms with E-state index in [9.17, 15) is 35.2 Å². The molecule has 0 saturated carbocycles. The first-order valence-corrected chi connectivity index (χ1v) is 6.05. The van der Waals surface area contributed by atoms with Crippen LogP contribution < -0.4 is 3.87 Å². The molecule has 1 unspecified atom stereocenters. The van der Waals surface area contributed by atoms with Gasteiger partial charge in [-0.3, -0.25) is 0 Å². The van der Waals surface area contributed by atoms with Crippen molar-refractivity contribution in [3.05, 3.63) is 5.21 Å². The van der Waals surface area contributed by atoms with Crippen molar-refractivity contribution < 1.29 is 33.9 Å². The Bertz CT molecular complexity index is 423. The fourth-order valence-electron chi connectivity index (χ4n) is 0.382. The number of nitrogens with zero attached hydrogens (tertiary/aromatic N) is 1. The molecule has 0 aromatic heterocycles. The second-order valence-corrected chi connectivity index (χ2v) is 6.64. The second kappa shape index (κ2) is 3.86. The highest BCUT2D eigenvalue weighted by atomic mass is 32.3. The van der Waals surface area contributed by atoms with E-state index in [-0.39, 0.29) is 4.31 Å². The molecule has 0 radical (unpaired) electrons. The zero-order valence-electron chi connectivity index (χ0n) is 7.44. The van der Waals surface area contributed by atoms with Gasteiger partial charge in [0.25, 0.3) is 0 Å². The molecule has 0 aromatic carbocycles. The number of hydrogen-bond donors (Lipinski definition) is 1. The Kier molecular flexibility index (Phi) is 3.75. The smallest absolute Gasteiger partial charge is 0.550 e. The van der Waals surface area contributed by atoms with E-state index in [1.54, 1.807) is 0 Å². The summed E-state index contributed by atoms with van der Waals surface area (Å²) in [5, 5.41) is 10.6. The fourth-order valence-corrected chi connectivity index (χ4v) is 2.71. The quantitative estimate of drug-likeness (QED) is 0.600. The zero-order valence-corrected chi connectivity index (χ0v) is 9.07. The van der Waals surface area contributed by atoms with Crippen molar-refractivity contribution in [1.82, 2.24) is 4.31 Å². The Morgan fingerprint density at radius 2 is 1.47 bits per heavy atom.